The summed E-state index contributed by atoms with van der Waals surface area (Å²) in [5.74, 6) is -0.712. The number of fused-ring (bicyclic) bond motifs is 1. The normalized spacial score (nSPS) is 10.9. The molecule has 2 aromatic carbocycles. The van der Waals surface area contributed by atoms with Crippen molar-refractivity contribution in [2.75, 3.05) is 0 Å². The van der Waals surface area contributed by atoms with Gasteiger partial charge in [-0.1, -0.05) is 29.3 Å². The highest BCUT2D eigenvalue weighted by atomic mass is 35.5. The van der Waals surface area contributed by atoms with Crippen molar-refractivity contribution in [1.82, 2.24) is 4.98 Å². The molecule has 6 heteroatoms. The average Bonchev–Trinajstić information content (AvgIpc) is 2.83. The lowest BCUT2D eigenvalue weighted by Crippen LogP contribution is -1.95. The summed E-state index contributed by atoms with van der Waals surface area (Å²) < 4.78 is 5.58. The highest BCUT2D eigenvalue weighted by molar-refractivity contribution is 6.38. The Morgan fingerprint density at radius 1 is 1.20 bits per heavy atom. The van der Waals surface area contributed by atoms with Crippen LogP contribution in [-0.2, 0) is 0 Å². The number of aromatic carboxylic acids is 1. The summed E-state index contributed by atoms with van der Waals surface area (Å²) >= 11 is 11.9. The molecule has 4 nitrogen and oxygen atoms in total. The quantitative estimate of drug-likeness (QED) is 0.757. The number of halogens is 2. The molecule has 3 aromatic rings. The minimum absolute atomic E-state index is 0.161. The fourth-order valence-corrected chi connectivity index (χ4v) is 2.39. The third kappa shape index (κ3) is 2.24. The Bertz CT molecular complexity index is 826. The number of hydrogen-bond donors (Lipinski definition) is 1. The number of oxazole rings is 1. The lowest BCUT2D eigenvalue weighted by Gasteiger charge is -1.97. The first kappa shape index (κ1) is 13.0. The standard InChI is InChI=1S/C14H7Cl2NO3/c15-9-5-10(16)12-11(6-9)17-13(20-12)7-2-1-3-8(4-7)14(18)19/h1-6H,(H,18,19). The van der Waals surface area contributed by atoms with Crippen LogP contribution in [0.4, 0.5) is 0 Å². The van der Waals surface area contributed by atoms with Gasteiger partial charge in [0.15, 0.2) is 5.58 Å². The molecule has 0 unspecified atom stereocenters. The number of aromatic nitrogens is 1. The third-order valence-electron chi connectivity index (χ3n) is 2.77. The van der Waals surface area contributed by atoms with Gasteiger partial charge in [0.05, 0.1) is 10.6 Å². The van der Waals surface area contributed by atoms with Gasteiger partial charge in [-0.3, -0.25) is 0 Å². The number of rotatable bonds is 2. The van der Waals surface area contributed by atoms with E-state index >= 15 is 0 Å². The van der Waals surface area contributed by atoms with Crippen molar-refractivity contribution in [3.63, 3.8) is 0 Å². The van der Waals surface area contributed by atoms with Gasteiger partial charge in [0.25, 0.3) is 0 Å². The van der Waals surface area contributed by atoms with Crippen LogP contribution >= 0.6 is 23.2 Å². The van der Waals surface area contributed by atoms with Crippen LogP contribution in [0, 0.1) is 0 Å². The summed E-state index contributed by atoms with van der Waals surface area (Å²) in [6, 6.07) is 9.53. The highest BCUT2D eigenvalue weighted by Gasteiger charge is 2.13. The summed E-state index contributed by atoms with van der Waals surface area (Å²) in [7, 11) is 0. The lowest BCUT2D eigenvalue weighted by atomic mass is 10.1. The largest absolute Gasteiger partial charge is 0.478 e. The van der Waals surface area contributed by atoms with E-state index in [1.807, 2.05) is 0 Å². The molecule has 0 radical (unpaired) electrons. The Morgan fingerprint density at radius 3 is 2.75 bits per heavy atom. The zero-order valence-electron chi connectivity index (χ0n) is 9.93. The fourth-order valence-electron chi connectivity index (χ4n) is 1.87. The molecule has 1 aromatic heterocycles. The number of carbonyl (C=O) groups is 1. The van der Waals surface area contributed by atoms with E-state index in [0.29, 0.717) is 32.6 Å². The molecule has 20 heavy (non-hydrogen) atoms. The number of carboxylic acids is 1. The van der Waals surface area contributed by atoms with Crippen molar-refractivity contribution >= 4 is 40.3 Å². The SMILES string of the molecule is O=C(O)c1cccc(-c2nc3cc(Cl)cc(Cl)c3o2)c1. The van der Waals surface area contributed by atoms with Crippen LogP contribution in [0.25, 0.3) is 22.6 Å². The highest BCUT2D eigenvalue weighted by Crippen LogP contribution is 2.32. The maximum absolute atomic E-state index is 11.0. The van der Waals surface area contributed by atoms with Crippen LogP contribution in [0.2, 0.25) is 10.0 Å². The van der Waals surface area contributed by atoms with E-state index in [2.05, 4.69) is 4.98 Å². The molecule has 3 rings (SSSR count). The van der Waals surface area contributed by atoms with Crippen molar-refractivity contribution in [2.24, 2.45) is 0 Å². The molecule has 0 atom stereocenters. The Labute approximate surface area is 123 Å². The monoisotopic (exact) mass is 307 g/mol. The molecule has 0 amide bonds. The predicted molar refractivity (Wildman–Crippen MR) is 76.4 cm³/mol. The molecule has 0 saturated carbocycles. The number of nitrogens with zero attached hydrogens (tertiary/aromatic N) is 1. The van der Waals surface area contributed by atoms with E-state index in [1.54, 1.807) is 24.3 Å². The first-order chi connectivity index (χ1) is 9.54. The Hall–Kier alpha value is -2.04. The summed E-state index contributed by atoms with van der Waals surface area (Å²) in [6.45, 7) is 0. The van der Waals surface area contributed by atoms with Gasteiger partial charge in [0, 0.05) is 10.6 Å². The average molecular weight is 308 g/mol. The molecule has 0 aliphatic carbocycles. The molecule has 0 spiro atoms. The van der Waals surface area contributed by atoms with Gasteiger partial charge in [0.1, 0.15) is 5.52 Å². The van der Waals surface area contributed by atoms with E-state index in [9.17, 15) is 4.79 Å². The van der Waals surface area contributed by atoms with Gasteiger partial charge in [-0.15, -0.1) is 0 Å². The first-order valence-electron chi connectivity index (χ1n) is 5.64. The summed E-state index contributed by atoms with van der Waals surface area (Å²) in [4.78, 5) is 15.2. The van der Waals surface area contributed by atoms with E-state index in [4.69, 9.17) is 32.7 Å². The molecule has 1 heterocycles. The van der Waals surface area contributed by atoms with Crippen molar-refractivity contribution in [3.8, 4) is 11.5 Å². The zero-order chi connectivity index (χ0) is 14.3. The van der Waals surface area contributed by atoms with Crippen molar-refractivity contribution in [3.05, 3.63) is 52.0 Å². The number of hydrogen-bond acceptors (Lipinski definition) is 3. The smallest absolute Gasteiger partial charge is 0.335 e. The molecule has 0 bridgehead atoms. The van der Waals surface area contributed by atoms with Crippen LogP contribution < -0.4 is 0 Å². The van der Waals surface area contributed by atoms with E-state index < -0.39 is 5.97 Å². The van der Waals surface area contributed by atoms with Gasteiger partial charge in [0.2, 0.25) is 5.89 Å². The van der Waals surface area contributed by atoms with Crippen LogP contribution in [0.3, 0.4) is 0 Å². The topological polar surface area (TPSA) is 63.3 Å². The molecule has 1 N–H and O–H groups in total. The van der Waals surface area contributed by atoms with E-state index in [-0.39, 0.29) is 5.56 Å². The second kappa shape index (κ2) is 4.81. The van der Waals surface area contributed by atoms with Gasteiger partial charge >= 0.3 is 5.97 Å². The van der Waals surface area contributed by atoms with Crippen LogP contribution in [0.5, 0.6) is 0 Å². The first-order valence-corrected chi connectivity index (χ1v) is 6.39. The van der Waals surface area contributed by atoms with Gasteiger partial charge in [-0.05, 0) is 30.3 Å². The Balaban J connectivity index is 2.17. The van der Waals surface area contributed by atoms with E-state index in [1.165, 1.54) is 12.1 Å². The molecule has 0 aliphatic rings. The predicted octanol–water partition coefficient (Wildman–Crippen LogP) is 4.50. The van der Waals surface area contributed by atoms with Crippen LogP contribution in [-0.4, -0.2) is 16.1 Å². The second-order valence-electron chi connectivity index (χ2n) is 4.14. The van der Waals surface area contributed by atoms with Crippen LogP contribution in [0.1, 0.15) is 10.4 Å². The Morgan fingerprint density at radius 2 is 2.00 bits per heavy atom. The molecular weight excluding hydrogens is 301 g/mol. The maximum Gasteiger partial charge on any atom is 0.335 e. The maximum atomic E-state index is 11.0. The third-order valence-corrected chi connectivity index (χ3v) is 3.26. The minimum atomic E-state index is -1.01. The van der Waals surface area contributed by atoms with Crippen molar-refractivity contribution in [2.45, 2.75) is 0 Å². The zero-order valence-corrected chi connectivity index (χ0v) is 11.4. The fraction of sp³-hybridized carbons (Fsp3) is 0. The van der Waals surface area contributed by atoms with Crippen LogP contribution in [0.15, 0.2) is 40.8 Å². The van der Waals surface area contributed by atoms with Gasteiger partial charge in [-0.25, -0.2) is 9.78 Å². The second-order valence-corrected chi connectivity index (χ2v) is 4.98. The molecule has 100 valence electrons. The molecular formula is C14H7Cl2NO3. The Kier molecular flexibility index (Phi) is 3.12. The molecule has 0 saturated heterocycles. The van der Waals surface area contributed by atoms with E-state index in [0.717, 1.165) is 0 Å². The van der Waals surface area contributed by atoms with Crippen molar-refractivity contribution in [1.29, 1.82) is 0 Å². The van der Waals surface area contributed by atoms with Gasteiger partial charge in [-0.2, -0.15) is 0 Å². The van der Waals surface area contributed by atoms with Gasteiger partial charge < -0.3 is 9.52 Å². The lowest BCUT2D eigenvalue weighted by molar-refractivity contribution is 0.0697. The summed E-state index contributed by atoms with van der Waals surface area (Å²) in [6.07, 6.45) is 0. The summed E-state index contributed by atoms with van der Waals surface area (Å²) in [5.41, 5.74) is 1.67. The minimum Gasteiger partial charge on any atom is -0.478 e. The number of benzene rings is 2. The molecule has 0 aliphatic heterocycles. The van der Waals surface area contributed by atoms with Crippen molar-refractivity contribution < 1.29 is 14.3 Å². The summed E-state index contributed by atoms with van der Waals surface area (Å²) in [5, 5.41) is 9.81. The number of carboxylic acid groups (broad SMARTS) is 1. The molecule has 0 fully saturated rings.